The van der Waals surface area contributed by atoms with E-state index in [4.69, 9.17) is 13.9 Å². The Morgan fingerprint density at radius 2 is 2.13 bits per heavy atom. The molecule has 3 aromatic rings. The van der Waals surface area contributed by atoms with Crippen molar-refractivity contribution in [2.75, 3.05) is 13.2 Å². The van der Waals surface area contributed by atoms with Crippen LogP contribution >= 0.6 is 0 Å². The molecule has 1 saturated carbocycles. The van der Waals surface area contributed by atoms with Gasteiger partial charge in [-0.25, -0.2) is 4.98 Å². The SMILES string of the molecule is CC(=O)N[C@@H](C)COc1ccc2nc(-c3ccc(OCC4CC4)c(C#N)c3)oc2c1. The molecule has 0 aliphatic heterocycles. The van der Waals surface area contributed by atoms with Crippen molar-refractivity contribution in [1.82, 2.24) is 10.3 Å². The first-order chi connectivity index (χ1) is 14.5. The zero-order valence-corrected chi connectivity index (χ0v) is 17.0. The number of aromatic nitrogens is 1. The molecule has 7 nitrogen and oxygen atoms in total. The molecule has 0 radical (unpaired) electrons. The van der Waals surface area contributed by atoms with E-state index in [0.717, 1.165) is 0 Å². The quantitative estimate of drug-likeness (QED) is 0.607. The Bertz CT molecular complexity index is 1110. The van der Waals surface area contributed by atoms with Gasteiger partial charge in [-0.05, 0) is 56.0 Å². The van der Waals surface area contributed by atoms with Gasteiger partial charge in [0.2, 0.25) is 11.8 Å². The number of hydrogen-bond donors (Lipinski definition) is 1. The second-order valence-corrected chi connectivity index (χ2v) is 7.64. The second-order valence-electron chi connectivity index (χ2n) is 7.64. The molecule has 0 bridgehead atoms. The third kappa shape index (κ3) is 4.71. The summed E-state index contributed by atoms with van der Waals surface area (Å²) in [6.45, 7) is 4.35. The lowest BCUT2D eigenvalue weighted by atomic mass is 10.1. The van der Waals surface area contributed by atoms with E-state index in [0.29, 0.717) is 58.7 Å². The third-order valence-electron chi connectivity index (χ3n) is 4.83. The van der Waals surface area contributed by atoms with Crippen LogP contribution in [0, 0.1) is 17.2 Å². The topological polar surface area (TPSA) is 97.4 Å². The Labute approximate surface area is 174 Å². The standard InChI is InChI=1S/C23H23N3O4/c1-14(25-15(2)27)12-28-19-6-7-20-22(10-19)30-23(26-20)17-5-8-21(18(9-17)11-24)29-13-16-3-4-16/h5-10,14,16H,3-4,12-13H2,1-2H3,(H,25,27)/t14-/m0/s1. The first-order valence-corrected chi connectivity index (χ1v) is 9.99. The fourth-order valence-corrected chi connectivity index (χ4v) is 3.10. The van der Waals surface area contributed by atoms with Crippen LogP contribution in [-0.2, 0) is 4.79 Å². The van der Waals surface area contributed by atoms with E-state index in [9.17, 15) is 10.1 Å². The number of fused-ring (bicyclic) bond motifs is 1. The molecule has 0 saturated heterocycles. The maximum absolute atomic E-state index is 11.1. The van der Waals surface area contributed by atoms with Crippen molar-refractivity contribution in [3.8, 4) is 29.0 Å². The fourth-order valence-electron chi connectivity index (χ4n) is 3.10. The molecule has 7 heteroatoms. The normalized spacial score (nSPS) is 14.2. The smallest absolute Gasteiger partial charge is 0.227 e. The summed E-state index contributed by atoms with van der Waals surface area (Å²) in [5, 5.41) is 12.3. The van der Waals surface area contributed by atoms with Gasteiger partial charge in [-0.2, -0.15) is 5.26 Å². The van der Waals surface area contributed by atoms with Crippen molar-refractivity contribution in [3.63, 3.8) is 0 Å². The van der Waals surface area contributed by atoms with Crippen LogP contribution in [0.25, 0.3) is 22.6 Å². The van der Waals surface area contributed by atoms with Crippen LogP contribution in [0.4, 0.5) is 0 Å². The number of rotatable bonds is 8. The van der Waals surface area contributed by atoms with Crippen molar-refractivity contribution in [2.24, 2.45) is 5.92 Å². The lowest BCUT2D eigenvalue weighted by Crippen LogP contribution is -2.35. The Morgan fingerprint density at radius 1 is 1.30 bits per heavy atom. The molecule has 0 spiro atoms. The summed E-state index contributed by atoms with van der Waals surface area (Å²) in [6.07, 6.45) is 2.39. The monoisotopic (exact) mass is 405 g/mol. The molecule has 30 heavy (non-hydrogen) atoms. The van der Waals surface area contributed by atoms with Crippen LogP contribution in [0.2, 0.25) is 0 Å². The number of nitriles is 1. The van der Waals surface area contributed by atoms with Gasteiger partial charge in [-0.3, -0.25) is 4.79 Å². The molecule has 2 aromatic carbocycles. The number of carbonyl (C=O) groups is 1. The molecule has 1 aliphatic carbocycles. The zero-order valence-electron chi connectivity index (χ0n) is 17.0. The molecule has 4 rings (SSSR count). The van der Waals surface area contributed by atoms with E-state index in [1.54, 1.807) is 18.2 Å². The third-order valence-corrected chi connectivity index (χ3v) is 4.83. The van der Waals surface area contributed by atoms with Gasteiger partial charge < -0.3 is 19.2 Å². The van der Waals surface area contributed by atoms with Crippen LogP contribution in [-0.4, -0.2) is 30.1 Å². The van der Waals surface area contributed by atoms with Crippen LogP contribution in [0.3, 0.4) is 0 Å². The number of nitrogens with one attached hydrogen (secondary N) is 1. The number of nitrogens with zero attached hydrogens (tertiary/aromatic N) is 2. The number of benzene rings is 2. The van der Waals surface area contributed by atoms with E-state index in [1.165, 1.54) is 19.8 Å². The molecule has 1 aliphatic rings. The maximum Gasteiger partial charge on any atom is 0.227 e. The highest BCUT2D eigenvalue weighted by molar-refractivity contribution is 5.78. The summed E-state index contributed by atoms with van der Waals surface area (Å²) in [5.41, 5.74) is 2.46. The van der Waals surface area contributed by atoms with E-state index >= 15 is 0 Å². The van der Waals surface area contributed by atoms with E-state index in [2.05, 4.69) is 16.4 Å². The summed E-state index contributed by atoms with van der Waals surface area (Å²) in [5.74, 6) is 2.17. The largest absolute Gasteiger partial charge is 0.492 e. The minimum absolute atomic E-state index is 0.0953. The van der Waals surface area contributed by atoms with Crippen molar-refractivity contribution in [2.45, 2.75) is 32.7 Å². The van der Waals surface area contributed by atoms with E-state index < -0.39 is 0 Å². The molecule has 1 N–H and O–H groups in total. The van der Waals surface area contributed by atoms with Crippen molar-refractivity contribution < 1.29 is 18.7 Å². The molecular weight excluding hydrogens is 382 g/mol. The van der Waals surface area contributed by atoms with E-state index in [-0.39, 0.29) is 11.9 Å². The zero-order chi connectivity index (χ0) is 21.1. The lowest BCUT2D eigenvalue weighted by molar-refractivity contribution is -0.119. The fraction of sp³-hybridized carbons (Fsp3) is 0.348. The van der Waals surface area contributed by atoms with Gasteiger partial charge in [0.25, 0.3) is 0 Å². The average molecular weight is 405 g/mol. The highest BCUT2D eigenvalue weighted by Crippen LogP contribution is 2.32. The number of carbonyl (C=O) groups excluding carboxylic acids is 1. The lowest BCUT2D eigenvalue weighted by Gasteiger charge is -2.13. The Balaban J connectivity index is 1.50. The molecule has 1 amide bonds. The predicted octanol–water partition coefficient (Wildman–Crippen LogP) is 4.06. The number of oxazole rings is 1. The second kappa shape index (κ2) is 8.46. The van der Waals surface area contributed by atoms with Gasteiger partial charge in [0.05, 0.1) is 18.2 Å². The highest BCUT2D eigenvalue weighted by Gasteiger charge is 2.22. The summed E-state index contributed by atoms with van der Waals surface area (Å²) < 4.78 is 17.4. The van der Waals surface area contributed by atoms with Gasteiger partial charge in [0.1, 0.15) is 29.7 Å². The van der Waals surface area contributed by atoms with Gasteiger partial charge in [0, 0.05) is 18.6 Å². The molecule has 0 unspecified atom stereocenters. The maximum atomic E-state index is 11.1. The summed E-state index contributed by atoms with van der Waals surface area (Å²) in [4.78, 5) is 15.6. The summed E-state index contributed by atoms with van der Waals surface area (Å²) in [7, 11) is 0. The predicted molar refractivity (Wildman–Crippen MR) is 111 cm³/mol. The van der Waals surface area contributed by atoms with Crippen LogP contribution < -0.4 is 14.8 Å². The number of ether oxygens (including phenoxy) is 2. The Hall–Kier alpha value is -3.53. The molecule has 1 heterocycles. The molecule has 1 fully saturated rings. The average Bonchev–Trinajstić information content (AvgIpc) is 3.46. The number of amides is 1. The minimum Gasteiger partial charge on any atom is -0.492 e. The first kappa shape index (κ1) is 19.8. The van der Waals surface area contributed by atoms with Crippen LogP contribution in [0.5, 0.6) is 11.5 Å². The van der Waals surface area contributed by atoms with Crippen molar-refractivity contribution in [3.05, 3.63) is 42.0 Å². The van der Waals surface area contributed by atoms with Crippen molar-refractivity contribution in [1.29, 1.82) is 5.26 Å². The van der Waals surface area contributed by atoms with Gasteiger partial charge in [-0.1, -0.05) is 0 Å². The molecule has 1 aromatic heterocycles. The number of hydrogen-bond acceptors (Lipinski definition) is 6. The van der Waals surface area contributed by atoms with Gasteiger partial charge in [0.15, 0.2) is 5.58 Å². The molecular formula is C23H23N3O4. The van der Waals surface area contributed by atoms with Gasteiger partial charge >= 0.3 is 0 Å². The minimum atomic E-state index is -0.103. The van der Waals surface area contributed by atoms with Gasteiger partial charge in [-0.15, -0.1) is 0 Å². The summed E-state index contributed by atoms with van der Waals surface area (Å²) >= 11 is 0. The first-order valence-electron chi connectivity index (χ1n) is 9.99. The van der Waals surface area contributed by atoms with Crippen molar-refractivity contribution >= 4 is 17.0 Å². The van der Waals surface area contributed by atoms with E-state index in [1.807, 2.05) is 25.1 Å². The van der Waals surface area contributed by atoms with Crippen LogP contribution in [0.1, 0.15) is 32.3 Å². The Morgan fingerprint density at radius 3 is 2.87 bits per heavy atom. The Kier molecular flexibility index (Phi) is 5.57. The molecule has 1 atom stereocenters. The van der Waals surface area contributed by atoms with Crippen LogP contribution in [0.15, 0.2) is 40.8 Å². The molecule has 154 valence electrons. The highest BCUT2D eigenvalue weighted by atomic mass is 16.5. The summed E-state index contributed by atoms with van der Waals surface area (Å²) in [6, 6.07) is 12.9.